The topological polar surface area (TPSA) is 0 Å². The van der Waals surface area contributed by atoms with Crippen molar-refractivity contribution in [3.8, 4) is 0 Å². The molecule has 1 heteroatoms. The molecule has 0 aromatic heterocycles. The standard InChI is InChI=1S/C24H41P/c1-16(2)25(23(4)11-18-5-17(3)6-19(7-18)12-23)24-13-20-8-21(14-24)10-22(9-20)15-24/h16-22H,5-15H2,1-4H3. The third-order valence-electron chi connectivity index (χ3n) is 9.21. The van der Waals surface area contributed by atoms with Gasteiger partial charge in [0.05, 0.1) is 0 Å². The highest BCUT2D eigenvalue weighted by Gasteiger charge is 2.59. The summed E-state index contributed by atoms with van der Waals surface area (Å²) in [5.74, 6) is 6.54. The van der Waals surface area contributed by atoms with Crippen molar-refractivity contribution >= 4 is 7.92 Å². The zero-order valence-electron chi connectivity index (χ0n) is 17.3. The Kier molecular flexibility index (Phi) is 4.18. The average molecular weight is 361 g/mol. The molecule has 0 aromatic carbocycles. The van der Waals surface area contributed by atoms with Crippen molar-refractivity contribution in [1.82, 2.24) is 0 Å². The second-order valence-corrected chi connectivity index (χ2v) is 15.9. The van der Waals surface area contributed by atoms with Crippen molar-refractivity contribution in [3.05, 3.63) is 0 Å². The first-order valence-electron chi connectivity index (χ1n) is 11.6. The summed E-state index contributed by atoms with van der Waals surface area (Å²) >= 11 is 0. The van der Waals surface area contributed by atoms with Gasteiger partial charge in [-0.3, -0.25) is 0 Å². The largest absolute Gasteiger partial charge is 0.0916 e. The van der Waals surface area contributed by atoms with E-state index in [1.807, 2.05) is 0 Å². The van der Waals surface area contributed by atoms with Crippen LogP contribution in [-0.2, 0) is 0 Å². The Morgan fingerprint density at radius 3 is 1.48 bits per heavy atom. The van der Waals surface area contributed by atoms with Gasteiger partial charge in [-0.1, -0.05) is 35.6 Å². The smallest absolute Gasteiger partial charge is 0.00793 e. The van der Waals surface area contributed by atoms with Gasteiger partial charge in [0.2, 0.25) is 0 Å². The maximum absolute atomic E-state index is 2.80. The minimum atomic E-state index is 0.167. The van der Waals surface area contributed by atoms with Gasteiger partial charge in [-0.25, -0.2) is 0 Å². The first-order chi connectivity index (χ1) is 11.9. The van der Waals surface area contributed by atoms with Crippen molar-refractivity contribution in [3.63, 3.8) is 0 Å². The third kappa shape index (κ3) is 2.87. The molecule has 6 saturated carbocycles. The molecule has 0 amide bonds. The fourth-order valence-corrected chi connectivity index (χ4v) is 15.6. The van der Waals surface area contributed by atoms with Crippen molar-refractivity contribution < 1.29 is 0 Å². The van der Waals surface area contributed by atoms with Crippen LogP contribution in [0.5, 0.6) is 0 Å². The molecule has 0 spiro atoms. The van der Waals surface area contributed by atoms with Crippen LogP contribution >= 0.6 is 7.92 Å². The highest BCUT2D eigenvalue weighted by atomic mass is 31.1. The van der Waals surface area contributed by atoms with Crippen molar-refractivity contribution in [1.29, 1.82) is 0 Å². The lowest BCUT2D eigenvalue weighted by atomic mass is 9.56. The van der Waals surface area contributed by atoms with Crippen molar-refractivity contribution in [2.45, 2.75) is 114 Å². The molecule has 6 rings (SSSR count). The van der Waals surface area contributed by atoms with E-state index in [-0.39, 0.29) is 7.92 Å². The normalized spacial score (nSPS) is 55.6. The van der Waals surface area contributed by atoms with E-state index in [0.717, 1.165) is 46.3 Å². The summed E-state index contributed by atoms with van der Waals surface area (Å²) in [4.78, 5) is 0. The minimum absolute atomic E-state index is 0.167. The molecular formula is C24H41P. The van der Waals surface area contributed by atoms with Gasteiger partial charge in [0, 0.05) is 0 Å². The summed E-state index contributed by atoms with van der Waals surface area (Å²) < 4.78 is 0. The monoisotopic (exact) mass is 360 g/mol. The third-order valence-corrected chi connectivity index (χ3v) is 13.3. The van der Waals surface area contributed by atoms with E-state index in [0.29, 0.717) is 5.16 Å². The second-order valence-electron chi connectivity index (χ2n) is 12.1. The summed E-state index contributed by atoms with van der Waals surface area (Å²) in [5.41, 5.74) is 0.951. The van der Waals surface area contributed by atoms with E-state index < -0.39 is 0 Å². The summed E-state index contributed by atoms with van der Waals surface area (Å²) in [6, 6.07) is 0. The van der Waals surface area contributed by atoms with Gasteiger partial charge < -0.3 is 0 Å². The molecule has 142 valence electrons. The fourth-order valence-electron chi connectivity index (χ4n) is 9.86. The Morgan fingerprint density at radius 1 is 0.680 bits per heavy atom. The van der Waals surface area contributed by atoms with Crippen LogP contribution < -0.4 is 0 Å². The molecule has 3 atom stereocenters. The molecular weight excluding hydrogens is 319 g/mol. The van der Waals surface area contributed by atoms with Crippen LogP contribution in [0.2, 0.25) is 0 Å². The zero-order valence-corrected chi connectivity index (χ0v) is 18.2. The first-order valence-corrected chi connectivity index (χ1v) is 13.1. The highest BCUT2D eigenvalue weighted by molar-refractivity contribution is 7.61. The fraction of sp³-hybridized carbons (Fsp3) is 1.00. The van der Waals surface area contributed by atoms with Crippen molar-refractivity contribution in [2.75, 3.05) is 0 Å². The Bertz CT molecular complexity index is 467. The van der Waals surface area contributed by atoms with Gasteiger partial charge in [0.15, 0.2) is 0 Å². The number of hydrogen-bond acceptors (Lipinski definition) is 0. The zero-order chi connectivity index (χ0) is 17.4. The Morgan fingerprint density at radius 2 is 1.08 bits per heavy atom. The Balaban J connectivity index is 1.47. The maximum atomic E-state index is 2.80. The molecule has 25 heavy (non-hydrogen) atoms. The van der Waals surface area contributed by atoms with Crippen LogP contribution in [0.25, 0.3) is 0 Å². The summed E-state index contributed by atoms with van der Waals surface area (Å²) in [5, 5.41) is 1.52. The van der Waals surface area contributed by atoms with E-state index in [9.17, 15) is 0 Å². The van der Waals surface area contributed by atoms with E-state index in [1.165, 1.54) is 0 Å². The van der Waals surface area contributed by atoms with Gasteiger partial charge in [-0.15, -0.1) is 0 Å². The summed E-state index contributed by atoms with van der Waals surface area (Å²) in [7, 11) is 0.167. The van der Waals surface area contributed by atoms with Crippen molar-refractivity contribution in [2.24, 2.45) is 35.5 Å². The van der Waals surface area contributed by atoms with Crippen LogP contribution in [0.3, 0.4) is 0 Å². The van der Waals surface area contributed by atoms with E-state index in [1.54, 1.807) is 70.6 Å². The Labute approximate surface area is 158 Å². The molecule has 0 aliphatic heterocycles. The molecule has 6 bridgehead atoms. The van der Waals surface area contributed by atoms with Crippen LogP contribution in [0.4, 0.5) is 0 Å². The molecule has 0 radical (unpaired) electrons. The minimum Gasteiger partial charge on any atom is -0.0916 e. The quantitative estimate of drug-likeness (QED) is 0.458. The molecule has 6 fully saturated rings. The highest BCUT2D eigenvalue weighted by Crippen LogP contribution is 2.77. The van der Waals surface area contributed by atoms with E-state index in [2.05, 4.69) is 27.7 Å². The molecule has 0 heterocycles. The lowest BCUT2D eigenvalue weighted by Gasteiger charge is -2.65. The van der Waals surface area contributed by atoms with E-state index >= 15 is 0 Å². The predicted molar refractivity (Wildman–Crippen MR) is 111 cm³/mol. The molecule has 0 saturated heterocycles. The van der Waals surface area contributed by atoms with E-state index in [4.69, 9.17) is 0 Å². The lowest BCUT2D eigenvalue weighted by molar-refractivity contribution is 0.0325. The molecule has 0 N–H and O–H groups in total. The van der Waals surface area contributed by atoms with Gasteiger partial charge in [0.25, 0.3) is 0 Å². The van der Waals surface area contributed by atoms with Gasteiger partial charge in [-0.05, 0) is 122 Å². The summed E-state index contributed by atoms with van der Waals surface area (Å²) in [6.45, 7) is 10.6. The lowest BCUT2D eigenvalue weighted by Crippen LogP contribution is -2.54. The number of hydrogen-bond donors (Lipinski definition) is 0. The summed E-state index contributed by atoms with van der Waals surface area (Å²) in [6.07, 6.45) is 17.6. The van der Waals surface area contributed by atoms with Gasteiger partial charge in [-0.2, -0.15) is 0 Å². The molecule has 3 unspecified atom stereocenters. The van der Waals surface area contributed by atoms with Crippen LogP contribution in [-0.4, -0.2) is 16.0 Å². The van der Waals surface area contributed by atoms with Crippen LogP contribution in [0.1, 0.15) is 98.3 Å². The first kappa shape index (κ1) is 17.5. The maximum Gasteiger partial charge on any atom is -0.00793 e. The average Bonchev–Trinajstić information content (AvgIpc) is 2.42. The van der Waals surface area contributed by atoms with Crippen LogP contribution in [0, 0.1) is 35.5 Å². The molecule has 0 nitrogen and oxygen atoms in total. The SMILES string of the molecule is CC1CC2CC(C1)CC(C)(P(C(C)C)C13CC4CC(CC(C4)C1)C3)C2. The Hall–Kier alpha value is 0.430. The molecule has 0 aromatic rings. The molecule has 6 aliphatic rings. The number of fused-ring (bicyclic) bond motifs is 2. The van der Waals surface area contributed by atoms with Gasteiger partial charge >= 0.3 is 0 Å². The second kappa shape index (κ2) is 5.96. The molecule has 6 aliphatic carbocycles. The number of rotatable bonds is 3. The van der Waals surface area contributed by atoms with Crippen LogP contribution in [0.15, 0.2) is 0 Å². The predicted octanol–water partition coefficient (Wildman–Crippen LogP) is 7.45. The van der Waals surface area contributed by atoms with Gasteiger partial charge in [0.1, 0.15) is 0 Å².